The van der Waals surface area contributed by atoms with Crippen molar-refractivity contribution in [2.75, 3.05) is 19.6 Å². The number of benzene rings is 2. The fourth-order valence-corrected chi connectivity index (χ4v) is 4.19. The number of piperidine rings is 1. The molecule has 2 N–H and O–H groups in total. The van der Waals surface area contributed by atoms with E-state index in [-0.39, 0.29) is 0 Å². The Kier molecular flexibility index (Phi) is 7.93. The average molecular weight is 431 g/mol. The van der Waals surface area contributed by atoms with Gasteiger partial charge in [-0.15, -0.1) is 0 Å². The minimum absolute atomic E-state index is 0.458. The molecule has 1 saturated heterocycles. The fourth-order valence-electron chi connectivity index (χ4n) is 4.19. The Morgan fingerprint density at radius 2 is 1.72 bits per heavy atom. The van der Waals surface area contributed by atoms with Crippen LogP contribution in [-0.2, 0) is 19.6 Å². The van der Waals surface area contributed by atoms with E-state index in [0.29, 0.717) is 12.6 Å². The summed E-state index contributed by atoms with van der Waals surface area (Å²) in [6, 6.07) is 21.7. The van der Waals surface area contributed by atoms with Crippen molar-refractivity contribution in [1.29, 1.82) is 0 Å². The maximum atomic E-state index is 4.91. The topological polar surface area (TPSA) is 57.5 Å². The Balaban J connectivity index is 1.32. The molecule has 6 nitrogen and oxygen atoms in total. The number of aromatic nitrogens is 2. The highest BCUT2D eigenvalue weighted by atomic mass is 15.3. The summed E-state index contributed by atoms with van der Waals surface area (Å²) < 4.78 is 1.95. The van der Waals surface area contributed by atoms with Gasteiger partial charge in [0.15, 0.2) is 5.96 Å². The van der Waals surface area contributed by atoms with Gasteiger partial charge in [-0.25, -0.2) is 4.99 Å². The summed E-state index contributed by atoms with van der Waals surface area (Å²) in [5.74, 6) is 0.905. The summed E-state index contributed by atoms with van der Waals surface area (Å²) in [4.78, 5) is 7.45. The highest BCUT2D eigenvalue weighted by Crippen LogP contribution is 2.15. The van der Waals surface area contributed by atoms with E-state index in [1.54, 1.807) is 0 Å². The van der Waals surface area contributed by atoms with Crippen molar-refractivity contribution in [2.24, 2.45) is 4.99 Å². The number of guanidine groups is 1. The molecule has 4 rings (SSSR count). The number of nitrogens with zero attached hydrogens (tertiary/aromatic N) is 4. The summed E-state index contributed by atoms with van der Waals surface area (Å²) in [6.45, 7) is 7.65. The van der Waals surface area contributed by atoms with Crippen LogP contribution in [0.3, 0.4) is 0 Å². The molecule has 0 amide bonds. The van der Waals surface area contributed by atoms with Crippen LogP contribution in [0.4, 0.5) is 0 Å². The van der Waals surface area contributed by atoms with Crippen LogP contribution in [0.1, 0.15) is 36.5 Å². The van der Waals surface area contributed by atoms with E-state index in [1.165, 1.54) is 16.7 Å². The summed E-state index contributed by atoms with van der Waals surface area (Å²) >= 11 is 0. The van der Waals surface area contributed by atoms with Gasteiger partial charge in [-0.1, -0.05) is 54.6 Å². The van der Waals surface area contributed by atoms with Gasteiger partial charge in [0, 0.05) is 44.6 Å². The zero-order chi connectivity index (χ0) is 22.0. The van der Waals surface area contributed by atoms with Gasteiger partial charge in [0.2, 0.25) is 0 Å². The number of hydrogen-bond donors (Lipinski definition) is 2. The van der Waals surface area contributed by atoms with Gasteiger partial charge >= 0.3 is 0 Å². The number of hydrogen-bond acceptors (Lipinski definition) is 3. The molecule has 3 aromatic rings. The predicted molar refractivity (Wildman–Crippen MR) is 130 cm³/mol. The Morgan fingerprint density at radius 1 is 0.969 bits per heavy atom. The van der Waals surface area contributed by atoms with Crippen LogP contribution in [0, 0.1) is 0 Å². The lowest BCUT2D eigenvalue weighted by Crippen LogP contribution is -2.48. The quantitative estimate of drug-likeness (QED) is 0.423. The van der Waals surface area contributed by atoms with E-state index in [9.17, 15) is 0 Å². The number of rotatable bonds is 8. The Labute approximate surface area is 191 Å². The SMILES string of the molecule is CCNC(=NCc1ccccc1Cn1cccn1)NC1CCN(Cc2ccccc2)CC1. The van der Waals surface area contributed by atoms with Crippen molar-refractivity contribution in [3.63, 3.8) is 0 Å². The van der Waals surface area contributed by atoms with E-state index in [1.807, 2.05) is 23.1 Å². The molecule has 168 valence electrons. The fraction of sp³-hybridized carbons (Fsp3) is 0.385. The summed E-state index contributed by atoms with van der Waals surface area (Å²) in [7, 11) is 0. The van der Waals surface area contributed by atoms with Gasteiger partial charge in [-0.2, -0.15) is 5.10 Å². The smallest absolute Gasteiger partial charge is 0.191 e. The highest BCUT2D eigenvalue weighted by Gasteiger charge is 2.20. The Bertz CT molecular complexity index is 959. The van der Waals surface area contributed by atoms with Gasteiger partial charge in [-0.3, -0.25) is 9.58 Å². The number of likely N-dealkylation sites (tertiary alicyclic amines) is 1. The van der Waals surface area contributed by atoms with Crippen LogP contribution in [0.5, 0.6) is 0 Å². The summed E-state index contributed by atoms with van der Waals surface area (Å²) in [5.41, 5.74) is 3.88. The molecular formula is C26H34N6. The molecule has 0 bridgehead atoms. The molecule has 1 aromatic heterocycles. The van der Waals surface area contributed by atoms with E-state index < -0.39 is 0 Å². The van der Waals surface area contributed by atoms with Crippen molar-refractivity contribution in [1.82, 2.24) is 25.3 Å². The molecule has 0 atom stereocenters. The monoisotopic (exact) mass is 430 g/mol. The summed E-state index contributed by atoms with van der Waals surface area (Å²) in [6.07, 6.45) is 6.08. The second-order valence-corrected chi connectivity index (χ2v) is 8.35. The first-order chi connectivity index (χ1) is 15.8. The third-order valence-corrected chi connectivity index (χ3v) is 5.94. The van der Waals surface area contributed by atoms with E-state index in [0.717, 1.165) is 51.5 Å². The lowest BCUT2D eigenvalue weighted by Gasteiger charge is -2.33. The number of nitrogens with one attached hydrogen (secondary N) is 2. The highest BCUT2D eigenvalue weighted by molar-refractivity contribution is 5.80. The predicted octanol–water partition coefficient (Wildman–Crippen LogP) is 3.65. The van der Waals surface area contributed by atoms with Crippen molar-refractivity contribution < 1.29 is 0 Å². The Hall–Kier alpha value is -3.12. The van der Waals surface area contributed by atoms with Crippen LogP contribution >= 0.6 is 0 Å². The summed E-state index contributed by atoms with van der Waals surface area (Å²) in [5, 5.41) is 11.4. The van der Waals surface area contributed by atoms with Gasteiger partial charge in [0.25, 0.3) is 0 Å². The van der Waals surface area contributed by atoms with Crippen LogP contribution in [0.2, 0.25) is 0 Å². The molecule has 6 heteroatoms. The molecule has 0 aliphatic carbocycles. The molecule has 0 spiro atoms. The van der Waals surface area contributed by atoms with Gasteiger partial charge in [-0.05, 0) is 42.5 Å². The molecule has 2 heterocycles. The van der Waals surface area contributed by atoms with Crippen LogP contribution < -0.4 is 10.6 Å². The second kappa shape index (κ2) is 11.5. The van der Waals surface area contributed by atoms with Crippen LogP contribution in [0.15, 0.2) is 78.0 Å². The maximum Gasteiger partial charge on any atom is 0.191 e. The minimum Gasteiger partial charge on any atom is -0.357 e. The third-order valence-electron chi connectivity index (χ3n) is 5.94. The first-order valence-corrected chi connectivity index (χ1v) is 11.7. The average Bonchev–Trinajstić information content (AvgIpc) is 3.34. The van der Waals surface area contributed by atoms with Crippen molar-refractivity contribution in [2.45, 2.75) is 45.4 Å². The molecule has 0 radical (unpaired) electrons. The third kappa shape index (κ3) is 6.44. The molecule has 1 aliphatic rings. The van der Waals surface area contributed by atoms with Gasteiger partial charge in [0.1, 0.15) is 0 Å². The first-order valence-electron chi connectivity index (χ1n) is 11.7. The van der Waals surface area contributed by atoms with E-state index in [4.69, 9.17) is 4.99 Å². The standard InChI is InChI=1S/C26H34N6/c1-2-27-26(28-19-23-11-6-7-12-24(23)21-32-16-8-15-29-32)30-25-13-17-31(18-14-25)20-22-9-4-3-5-10-22/h3-12,15-16,25H,2,13-14,17-21H2,1H3,(H2,27,28,30). The van der Waals surface area contributed by atoms with Crippen molar-refractivity contribution >= 4 is 5.96 Å². The molecular weight excluding hydrogens is 396 g/mol. The van der Waals surface area contributed by atoms with Crippen molar-refractivity contribution in [3.05, 3.63) is 89.7 Å². The molecule has 0 saturated carbocycles. The lowest BCUT2D eigenvalue weighted by atomic mass is 10.0. The van der Waals surface area contributed by atoms with E-state index >= 15 is 0 Å². The molecule has 2 aromatic carbocycles. The maximum absolute atomic E-state index is 4.91. The normalized spacial score (nSPS) is 15.6. The van der Waals surface area contributed by atoms with Gasteiger partial charge < -0.3 is 10.6 Å². The molecule has 1 aliphatic heterocycles. The zero-order valence-electron chi connectivity index (χ0n) is 19.0. The minimum atomic E-state index is 0.458. The largest absolute Gasteiger partial charge is 0.357 e. The second-order valence-electron chi connectivity index (χ2n) is 8.35. The molecule has 0 unspecified atom stereocenters. The first kappa shape index (κ1) is 22.1. The molecule has 1 fully saturated rings. The molecule has 32 heavy (non-hydrogen) atoms. The lowest BCUT2D eigenvalue weighted by molar-refractivity contribution is 0.198. The Morgan fingerprint density at radius 3 is 2.44 bits per heavy atom. The zero-order valence-corrected chi connectivity index (χ0v) is 19.0. The number of aliphatic imine (C=N–C) groups is 1. The van der Waals surface area contributed by atoms with E-state index in [2.05, 4.69) is 82.2 Å². The van der Waals surface area contributed by atoms with Gasteiger partial charge in [0.05, 0.1) is 13.1 Å². The van der Waals surface area contributed by atoms with Crippen LogP contribution in [0.25, 0.3) is 0 Å². The van der Waals surface area contributed by atoms with Crippen LogP contribution in [-0.4, -0.2) is 46.3 Å². The van der Waals surface area contributed by atoms with Crippen molar-refractivity contribution in [3.8, 4) is 0 Å².